The Hall–Kier alpha value is -1.59. The van der Waals surface area contributed by atoms with Gasteiger partial charge in [-0.15, -0.1) is 0 Å². The van der Waals surface area contributed by atoms with E-state index in [0.29, 0.717) is 5.03 Å². The maximum Gasteiger partial charge on any atom is 0.335 e. The molecule has 0 saturated carbocycles. The van der Waals surface area contributed by atoms with Crippen molar-refractivity contribution >= 4 is 29.3 Å². The molecule has 6 heteroatoms. The summed E-state index contributed by atoms with van der Waals surface area (Å²) >= 11 is 7.02. The molecule has 0 atom stereocenters. The molecule has 0 amide bonds. The molecule has 1 N–H and O–H groups in total. The van der Waals surface area contributed by atoms with E-state index in [9.17, 15) is 4.79 Å². The quantitative estimate of drug-likeness (QED) is 0.866. The molecule has 0 saturated heterocycles. The first kappa shape index (κ1) is 11.9. The minimum Gasteiger partial charge on any atom is -0.478 e. The lowest BCUT2D eigenvalue weighted by molar-refractivity contribution is 0.0696. The van der Waals surface area contributed by atoms with Crippen molar-refractivity contribution in [1.29, 1.82) is 0 Å². The van der Waals surface area contributed by atoms with E-state index in [1.54, 1.807) is 12.3 Å². The summed E-state index contributed by atoms with van der Waals surface area (Å²) < 4.78 is 0. The second-order valence-corrected chi connectivity index (χ2v) is 4.52. The number of carbonyl (C=O) groups is 1. The molecular formula is C11H7ClN2O2S. The molecular weight excluding hydrogens is 260 g/mol. The van der Waals surface area contributed by atoms with E-state index < -0.39 is 5.97 Å². The number of halogens is 1. The fourth-order valence-corrected chi connectivity index (χ4v) is 2.23. The zero-order valence-electron chi connectivity index (χ0n) is 8.50. The van der Waals surface area contributed by atoms with Crippen LogP contribution in [0.5, 0.6) is 0 Å². The van der Waals surface area contributed by atoms with Gasteiger partial charge in [0.15, 0.2) is 0 Å². The Balaban J connectivity index is 2.30. The predicted octanol–water partition coefficient (Wildman–Crippen LogP) is 2.98. The highest BCUT2D eigenvalue weighted by Gasteiger charge is 2.08. The molecule has 86 valence electrons. The fourth-order valence-electron chi connectivity index (χ4n) is 1.16. The fraction of sp³-hybridized carbons (Fsp3) is 0. The number of hydrogen-bond acceptors (Lipinski definition) is 4. The third-order valence-corrected chi connectivity index (χ3v) is 2.93. The van der Waals surface area contributed by atoms with E-state index in [-0.39, 0.29) is 10.7 Å². The van der Waals surface area contributed by atoms with Gasteiger partial charge in [0.2, 0.25) is 0 Å². The number of pyridine rings is 2. The molecule has 2 aromatic rings. The zero-order valence-corrected chi connectivity index (χ0v) is 10.1. The Bertz CT molecular complexity index is 548. The van der Waals surface area contributed by atoms with Gasteiger partial charge < -0.3 is 5.11 Å². The second-order valence-electron chi connectivity index (χ2n) is 3.09. The van der Waals surface area contributed by atoms with Crippen LogP contribution in [0.15, 0.2) is 46.6 Å². The van der Waals surface area contributed by atoms with E-state index in [4.69, 9.17) is 16.7 Å². The van der Waals surface area contributed by atoms with Gasteiger partial charge in [0, 0.05) is 6.20 Å². The van der Waals surface area contributed by atoms with Crippen LogP contribution in [-0.4, -0.2) is 21.0 Å². The Morgan fingerprint density at radius 2 is 2.12 bits per heavy atom. The number of rotatable bonds is 3. The molecule has 0 aliphatic carbocycles. The summed E-state index contributed by atoms with van der Waals surface area (Å²) in [5.41, 5.74) is 0.114. The summed E-state index contributed by atoms with van der Waals surface area (Å²) in [4.78, 5) is 19.0. The van der Waals surface area contributed by atoms with Crippen molar-refractivity contribution in [2.24, 2.45) is 0 Å². The average Bonchev–Trinajstić information content (AvgIpc) is 2.29. The number of hydrogen-bond donors (Lipinski definition) is 1. The predicted molar refractivity (Wildman–Crippen MR) is 64.6 cm³/mol. The Kier molecular flexibility index (Phi) is 3.61. The first-order valence-electron chi connectivity index (χ1n) is 4.65. The second kappa shape index (κ2) is 5.16. The van der Waals surface area contributed by atoms with Crippen LogP contribution in [0.1, 0.15) is 10.4 Å². The lowest BCUT2D eigenvalue weighted by atomic mass is 10.3. The van der Waals surface area contributed by atoms with E-state index in [0.717, 1.165) is 5.03 Å². The van der Waals surface area contributed by atoms with Crippen LogP contribution < -0.4 is 0 Å². The van der Waals surface area contributed by atoms with Crippen LogP contribution in [0.2, 0.25) is 5.15 Å². The average molecular weight is 267 g/mol. The van der Waals surface area contributed by atoms with Crippen LogP contribution in [-0.2, 0) is 0 Å². The highest BCUT2D eigenvalue weighted by molar-refractivity contribution is 7.99. The molecule has 4 nitrogen and oxygen atoms in total. The van der Waals surface area contributed by atoms with Crippen LogP contribution in [0.3, 0.4) is 0 Å². The van der Waals surface area contributed by atoms with Gasteiger partial charge in [-0.3, -0.25) is 0 Å². The van der Waals surface area contributed by atoms with E-state index in [1.807, 2.05) is 12.1 Å². The van der Waals surface area contributed by atoms with Gasteiger partial charge >= 0.3 is 5.97 Å². The Labute approximate surface area is 107 Å². The smallest absolute Gasteiger partial charge is 0.335 e. The van der Waals surface area contributed by atoms with Gasteiger partial charge in [-0.2, -0.15) is 0 Å². The van der Waals surface area contributed by atoms with Crippen molar-refractivity contribution in [3.63, 3.8) is 0 Å². The van der Waals surface area contributed by atoms with Gasteiger partial charge in [0.1, 0.15) is 15.2 Å². The number of aromatic carboxylic acids is 1. The number of nitrogens with zero attached hydrogens (tertiary/aromatic N) is 2. The van der Waals surface area contributed by atoms with E-state index >= 15 is 0 Å². The minimum absolute atomic E-state index is 0.114. The SMILES string of the molecule is O=C(O)c1cc(Cl)nc(Sc2ccccn2)c1. The first-order chi connectivity index (χ1) is 8.15. The van der Waals surface area contributed by atoms with Crippen molar-refractivity contribution in [3.8, 4) is 0 Å². The monoisotopic (exact) mass is 266 g/mol. The number of carboxylic acid groups (broad SMARTS) is 1. The molecule has 2 aromatic heterocycles. The Morgan fingerprint density at radius 3 is 2.76 bits per heavy atom. The lowest BCUT2D eigenvalue weighted by Crippen LogP contribution is -1.97. The lowest BCUT2D eigenvalue weighted by Gasteiger charge is -2.02. The molecule has 0 aliphatic rings. The van der Waals surface area contributed by atoms with Crippen molar-refractivity contribution in [2.75, 3.05) is 0 Å². The van der Waals surface area contributed by atoms with Crippen LogP contribution in [0.25, 0.3) is 0 Å². The van der Waals surface area contributed by atoms with Crippen LogP contribution in [0, 0.1) is 0 Å². The van der Waals surface area contributed by atoms with Crippen molar-refractivity contribution in [1.82, 2.24) is 9.97 Å². The molecule has 0 aromatic carbocycles. The highest BCUT2D eigenvalue weighted by Crippen LogP contribution is 2.26. The van der Waals surface area contributed by atoms with Gasteiger partial charge in [0.05, 0.1) is 5.56 Å². The normalized spacial score (nSPS) is 10.2. The number of aromatic nitrogens is 2. The summed E-state index contributed by atoms with van der Waals surface area (Å²) in [6.45, 7) is 0. The summed E-state index contributed by atoms with van der Waals surface area (Å²) in [6.07, 6.45) is 1.66. The standard InChI is InChI=1S/C11H7ClN2O2S/c12-8-5-7(11(15)16)6-10(14-8)17-9-3-1-2-4-13-9/h1-6H,(H,15,16). The maximum atomic E-state index is 10.8. The topological polar surface area (TPSA) is 63.1 Å². The summed E-state index contributed by atoms with van der Waals surface area (Å²) in [5.74, 6) is -1.03. The minimum atomic E-state index is -1.03. The third-order valence-electron chi connectivity index (χ3n) is 1.86. The summed E-state index contributed by atoms with van der Waals surface area (Å²) in [7, 11) is 0. The van der Waals surface area contributed by atoms with Crippen LogP contribution >= 0.6 is 23.4 Å². The molecule has 2 rings (SSSR count). The zero-order chi connectivity index (χ0) is 12.3. The molecule has 2 heterocycles. The maximum absolute atomic E-state index is 10.8. The van der Waals surface area contributed by atoms with E-state index in [1.165, 1.54) is 23.9 Å². The van der Waals surface area contributed by atoms with Crippen molar-refractivity contribution in [2.45, 2.75) is 10.1 Å². The van der Waals surface area contributed by atoms with Gasteiger partial charge in [-0.1, -0.05) is 29.4 Å². The van der Waals surface area contributed by atoms with Gasteiger partial charge in [0.25, 0.3) is 0 Å². The van der Waals surface area contributed by atoms with E-state index in [2.05, 4.69) is 9.97 Å². The molecule has 0 unspecified atom stereocenters. The molecule has 17 heavy (non-hydrogen) atoms. The summed E-state index contributed by atoms with van der Waals surface area (Å²) in [5, 5.41) is 10.3. The first-order valence-corrected chi connectivity index (χ1v) is 5.84. The molecule has 0 aliphatic heterocycles. The molecule has 0 radical (unpaired) electrons. The third kappa shape index (κ3) is 3.18. The molecule has 0 fully saturated rings. The molecule has 0 spiro atoms. The highest BCUT2D eigenvalue weighted by atomic mass is 35.5. The van der Waals surface area contributed by atoms with Crippen LogP contribution in [0.4, 0.5) is 0 Å². The van der Waals surface area contributed by atoms with Gasteiger partial charge in [-0.25, -0.2) is 14.8 Å². The Morgan fingerprint density at radius 1 is 1.29 bits per heavy atom. The number of carboxylic acids is 1. The van der Waals surface area contributed by atoms with Gasteiger partial charge in [-0.05, 0) is 24.3 Å². The van der Waals surface area contributed by atoms with Crippen molar-refractivity contribution in [3.05, 3.63) is 47.2 Å². The summed E-state index contributed by atoms with van der Waals surface area (Å²) in [6, 6.07) is 8.24. The largest absolute Gasteiger partial charge is 0.478 e. The molecule has 0 bridgehead atoms. The van der Waals surface area contributed by atoms with Crippen molar-refractivity contribution < 1.29 is 9.90 Å².